The van der Waals surface area contributed by atoms with Gasteiger partial charge in [0.05, 0.1) is 26.0 Å². The first-order valence-electron chi connectivity index (χ1n) is 11.4. The van der Waals surface area contributed by atoms with Gasteiger partial charge in [-0.15, -0.1) is 11.3 Å². The normalized spacial score (nSPS) is 12.2. The lowest BCUT2D eigenvalue weighted by molar-refractivity contribution is -0.111. The highest BCUT2D eigenvalue weighted by Crippen LogP contribution is 2.29. The van der Waals surface area contributed by atoms with Gasteiger partial charge in [-0.25, -0.2) is 0 Å². The largest absolute Gasteiger partial charge is 0.457 e. The number of carbonyl (C=O) groups is 1. The summed E-state index contributed by atoms with van der Waals surface area (Å²) in [7, 11) is 0. The summed E-state index contributed by atoms with van der Waals surface area (Å²) in [5, 5.41) is 13.8. The van der Waals surface area contributed by atoms with E-state index in [1.807, 2.05) is 24.3 Å². The topological polar surface area (TPSA) is 88.0 Å². The van der Waals surface area contributed by atoms with Crippen LogP contribution in [0.1, 0.15) is 5.76 Å². The summed E-state index contributed by atoms with van der Waals surface area (Å²) >= 11 is 19.5. The van der Waals surface area contributed by atoms with Crippen LogP contribution in [0.5, 0.6) is 0 Å². The quantitative estimate of drug-likeness (QED) is 0.261. The van der Waals surface area contributed by atoms with Gasteiger partial charge in [-0.2, -0.15) is 5.26 Å². The number of para-hydroxylation sites is 1. The maximum atomic E-state index is 13.6. The molecule has 0 saturated heterocycles. The summed E-state index contributed by atoms with van der Waals surface area (Å²) in [5.41, 5.74) is 0.752. The summed E-state index contributed by atoms with van der Waals surface area (Å²) in [6, 6.07) is 26.0. The van der Waals surface area contributed by atoms with Crippen molar-refractivity contribution in [3.05, 3.63) is 125 Å². The van der Waals surface area contributed by atoms with E-state index in [1.165, 1.54) is 16.7 Å². The molecule has 2 aromatic heterocycles. The van der Waals surface area contributed by atoms with Crippen molar-refractivity contribution in [3.63, 3.8) is 0 Å². The molecule has 0 aliphatic carbocycles. The molecule has 0 aliphatic heterocycles. The summed E-state index contributed by atoms with van der Waals surface area (Å²) in [4.78, 5) is 26.9. The number of nitriles is 1. The Morgan fingerprint density at radius 1 is 0.949 bits per heavy atom. The third-order valence-electron chi connectivity index (χ3n) is 5.61. The van der Waals surface area contributed by atoms with Crippen LogP contribution in [0.15, 0.2) is 94.1 Å². The van der Waals surface area contributed by atoms with Crippen molar-refractivity contribution in [2.75, 3.05) is 5.32 Å². The van der Waals surface area contributed by atoms with Crippen LogP contribution < -0.4 is 20.1 Å². The molecule has 2 heterocycles. The van der Waals surface area contributed by atoms with Crippen molar-refractivity contribution >= 4 is 69.4 Å². The molecule has 0 bridgehead atoms. The summed E-state index contributed by atoms with van der Waals surface area (Å²) in [5.74, 6) is 0.205. The molecule has 6 nitrogen and oxygen atoms in total. The van der Waals surface area contributed by atoms with Gasteiger partial charge in [0.15, 0.2) is 5.57 Å². The number of carbonyl (C=O) groups excluding carboxylic acids is 1. The number of nitrogens with one attached hydrogen (secondary N) is 1. The summed E-state index contributed by atoms with van der Waals surface area (Å²) < 4.78 is 7.67. The SMILES string of the molecule is N#C/C(C(=O)Nc1cc(Cl)ccc1Cl)=c1/s/c(=C/c2ccc(-c3ccccc3Cl)o2)c(=O)n1-c1ccccc1. The second-order valence-corrected chi connectivity index (χ2v) is 10.4. The molecule has 0 radical (unpaired) electrons. The van der Waals surface area contributed by atoms with E-state index in [2.05, 4.69) is 5.32 Å². The minimum atomic E-state index is -0.738. The number of amides is 1. The first kappa shape index (κ1) is 26.5. The van der Waals surface area contributed by atoms with Gasteiger partial charge in [-0.3, -0.25) is 14.2 Å². The maximum absolute atomic E-state index is 13.6. The fraction of sp³-hybridized carbons (Fsp3) is 0. The van der Waals surface area contributed by atoms with Gasteiger partial charge in [-0.05, 0) is 54.6 Å². The minimum absolute atomic E-state index is 0.147. The zero-order valence-corrected chi connectivity index (χ0v) is 22.9. The molecule has 5 aromatic rings. The number of benzene rings is 3. The number of thiazole rings is 1. The number of halogens is 3. The number of furan rings is 1. The third-order valence-corrected chi connectivity index (χ3v) is 7.59. The molecule has 39 heavy (non-hydrogen) atoms. The molecule has 0 atom stereocenters. The van der Waals surface area contributed by atoms with Gasteiger partial charge in [-0.1, -0.05) is 65.1 Å². The Kier molecular flexibility index (Phi) is 7.73. The number of hydrogen-bond donors (Lipinski definition) is 1. The van der Waals surface area contributed by atoms with Gasteiger partial charge in [0.25, 0.3) is 11.5 Å². The van der Waals surface area contributed by atoms with E-state index in [1.54, 1.807) is 60.7 Å². The highest BCUT2D eigenvalue weighted by atomic mass is 35.5. The molecule has 10 heteroatoms. The Balaban J connectivity index is 1.67. The standard InChI is InChI=1S/C29H16Cl3N3O3S/c30-17-10-12-23(32)24(14-17)34-27(36)21(16-33)29-35(18-6-2-1-3-7-18)28(37)26(39-29)15-19-11-13-25(38-19)20-8-4-5-9-22(20)31/h1-15H,(H,34,36)/b26-15+,29-21-. The van der Waals surface area contributed by atoms with Crippen molar-refractivity contribution in [2.24, 2.45) is 0 Å². The second-order valence-electron chi connectivity index (χ2n) is 8.14. The molecule has 0 saturated carbocycles. The van der Waals surface area contributed by atoms with E-state index in [9.17, 15) is 14.9 Å². The molecule has 0 unspecified atom stereocenters. The Morgan fingerprint density at radius 3 is 2.44 bits per heavy atom. The smallest absolute Gasteiger partial charge is 0.273 e. The molecule has 0 aliphatic rings. The van der Waals surface area contributed by atoms with E-state index in [0.29, 0.717) is 32.8 Å². The lowest BCUT2D eigenvalue weighted by atomic mass is 10.2. The minimum Gasteiger partial charge on any atom is -0.457 e. The molecular formula is C29H16Cl3N3O3S. The molecule has 5 rings (SSSR count). The Hall–Kier alpha value is -4.06. The van der Waals surface area contributed by atoms with Crippen molar-refractivity contribution in [2.45, 2.75) is 0 Å². The van der Waals surface area contributed by atoms with Crippen LogP contribution in [-0.2, 0) is 4.79 Å². The van der Waals surface area contributed by atoms with Crippen molar-refractivity contribution < 1.29 is 9.21 Å². The molecule has 1 N–H and O–H groups in total. The molecule has 0 spiro atoms. The average molecular weight is 593 g/mol. The van der Waals surface area contributed by atoms with Gasteiger partial charge in [0.1, 0.15) is 22.3 Å². The number of anilines is 1. The van der Waals surface area contributed by atoms with Crippen LogP contribution in [0, 0.1) is 11.3 Å². The number of hydrogen-bond acceptors (Lipinski definition) is 5. The lowest BCUT2D eigenvalue weighted by Crippen LogP contribution is -2.32. The molecule has 1 amide bonds. The number of aromatic nitrogens is 1. The maximum Gasteiger partial charge on any atom is 0.273 e. The van der Waals surface area contributed by atoms with Crippen molar-refractivity contribution in [3.8, 4) is 23.1 Å². The predicted octanol–water partition coefficient (Wildman–Crippen LogP) is 6.26. The van der Waals surface area contributed by atoms with Crippen LogP contribution in [0.4, 0.5) is 5.69 Å². The fourth-order valence-corrected chi connectivity index (χ4v) is 5.45. The van der Waals surface area contributed by atoms with Gasteiger partial charge in [0, 0.05) is 16.7 Å². The summed E-state index contributed by atoms with van der Waals surface area (Å²) in [6.45, 7) is 0. The molecule has 3 aromatic carbocycles. The Labute approximate surface area is 241 Å². The van der Waals surface area contributed by atoms with Gasteiger partial charge in [0.2, 0.25) is 0 Å². The van der Waals surface area contributed by atoms with Crippen LogP contribution in [0.3, 0.4) is 0 Å². The first-order valence-corrected chi connectivity index (χ1v) is 13.4. The van der Waals surface area contributed by atoms with Crippen LogP contribution in [-0.4, -0.2) is 10.5 Å². The summed E-state index contributed by atoms with van der Waals surface area (Å²) in [6.07, 6.45) is 1.57. The van der Waals surface area contributed by atoms with Gasteiger partial charge >= 0.3 is 0 Å². The fourth-order valence-electron chi connectivity index (χ4n) is 3.80. The molecular weight excluding hydrogens is 577 g/mol. The number of rotatable bonds is 5. The third kappa shape index (κ3) is 5.56. The van der Waals surface area contributed by atoms with E-state index < -0.39 is 11.5 Å². The number of nitrogens with zero attached hydrogens (tertiary/aromatic N) is 2. The molecule has 192 valence electrons. The molecule has 0 fully saturated rings. The van der Waals surface area contributed by atoms with Crippen molar-refractivity contribution in [1.82, 2.24) is 4.57 Å². The van der Waals surface area contributed by atoms with Crippen LogP contribution in [0.25, 0.3) is 28.7 Å². The zero-order chi connectivity index (χ0) is 27.5. The zero-order valence-electron chi connectivity index (χ0n) is 19.8. The highest BCUT2D eigenvalue weighted by Gasteiger charge is 2.18. The lowest BCUT2D eigenvalue weighted by Gasteiger charge is -2.07. The second kappa shape index (κ2) is 11.4. The monoisotopic (exact) mass is 591 g/mol. The highest BCUT2D eigenvalue weighted by molar-refractivity contribution is 7.07. The van der Waals surface area contributed by atoms with E-state index in [-0.39, 0.29) is 25.5 Å². The van der Waals surface area contributed by atoms with Gasteiger partial charge < -0.3 is 9.73 Å². The van der Waals surface area contributed by atoms with Crippen molar-refractivity contribution in [1.29, 1.82) is 5.26 Å². The van der Waals surface area contributed by atoms with E-state index in [0.717, 1.165) is 11.3 Å². The van der Waals surface area contributed by atoms with E-state index in [4.69, 9.17) is 39.2 Å². The van der Waals surface area contributed by atoms with Crippen LogP contribution >= 0.6 is 46.1 Å². The van der Waals surface area contributed by atoms with E-state index >= 15 is 0 Å². The Morgan fingerprint density at radius 2 is 1.69 bits per heavy atom. The van der Waals surface area contributed by atoms with Crippen LogP contribution in [0.2, 0.25) is 15.1 Å². The first-order chi connectivity index (χ1) is 18.9. The Bertz CT molecular complexity index is 1940. The predicted molar refractivity (Wildman–Crippen MR) is 156 cm³/mol. The average Bonchev–Trinajstić information content (AvgIpc) is 3.52.